The third kappa shape index (κ3) is 4.92. The molecule has 7 heteroatoms. The summed E-state index contributed by atoms with van der Waals surface area (Å²) in [5.74, 6) is 0.785. The number of amides is 1. The Kier molecular flexibility index (Phi) is 5.31. The molecule has 1 aromatic heterocycles. The van der Waals surface area contributed by atoms with Gasteiger partial charge in [-0.1, -0.05) is 0 Å². The topological polar surface area (TPSA) is 72.8 Å². The minimum atomic E-state index is -0.696. The molecule has 122 valence electrons. The highest BCUT2D eigenvalue weighted by Crippen LogP contribution is 2.10. The molecule has 0 saturated carbocycles. The largest absolute Gasteiger partial charge is 0.389 e. The van der Waals surface area contributed by atoms with Gasteiger partial charge in [-0.05, 0) is 13.8 Å². The van der Waals surface area contributed by atoms with E-state index in [1.165, 1.54) is 0 Å². The second kappa shape index (κ2) is 7.02. The van der Waals surface area contributed by atoms with Gasteiger partial charge >= 0.3 is 0 Å². The monoisotopic (exact) mass is 307 g/mol. The van der Waals surface area contributed by atoms with Gasteiger partial charge in [-0.25, -0.2) is 4.98 Å². The average molecular weight is 307 g/mol. The number of aliphatic hydroxyl groups is 1. The lowest BCUT2D eigenvalue weighted by Gasteiger charge is -2.37. The number of carbonyl (C=O) groups excluding carboxylic acids is 1. The summed E-state index contributed by atoms with van der Waals surface area (Å²) in [5, 5.41) is 9.85. The van der Waals surface area contributed by atoms with Gasteiger partial charge in [0.15, 0.2) is 0 Å². The first-order valence-corrected chi connectivity index (χ1v) is 7.55. The molecule has 0 spiro atoms. The van der Waals surface area contributed by atoms with Crippen molar-refractivity contribution in [1.29, 1.82) is 0 Å². The van der Waals surface area contributed by atoms with Crippen LogP contribution in [0.25, 0.3) is 0 Å². The summed E-state index contributed by atoms with van der Waals surface area (Å²) in [4.78, 5) is 26.4. The number of carbonyl (C=O) groups is 1. The van der Waals surface area contributed by atoms with Gasteiger partial charge < -0.3 is 14.9 Å². The zero-order valence-corrected chi connectivity index (χ0v) is 13.6. The zero-order valence-electron chi connectivity index (χ0n) is 13.6. The highest BCUT2D eigenvalue weighted by Gasteiger charge is 2.25. The molecule has 1 aliphatic rings. The molecule has 1 amide bonds. The van der Waals surface area contributed by atoms with Gasteiger partial charge in [0.05, 0.1) is 18.3 Å². The average Bonchev–Trinajstić information content (AvgIpc) is 2.47. The van der Waals surface area contributed by atoms with Crippen molar-refractivity contribution in [3.63, 3.8) is 0 Å². The first kappa shape index (κ1) is 16.6. The lowest BCUT2D eigenvalue weighted by Crippen LogP contribution is -2.53. The van der Waals surface area contributed by atoms with E-state index < -0.39 is 5.60 Å². The summed E-state index contributed by atoms with van der Waals surface area (Å²) < 4.78 is 0. The Hall–Kier alpha value is -1.73. The minimum absolute atomic E-state index is 0.0936. The molecule has 0 atom stereocenters. The van der Waals surface area contributed by atoms with Gasteiger partial charge in [0.1, 0.15) is 5.82 Å². The Bertz CT molecular complexity index is 480. The van der Waals surface area contributed by atoms with E-state index in [9.17, 15) is 9.90 Å². The predicted molar refractivity (Wildman–Crippen MR) is 84.6 cm³/mol. The van der Waals surface area contributed by atoms with Crippen molar-refractivity contribution in [1.82, 2.24) is 19.8 Å². The molecule has 1 aliphatic heterocycles. The standard InChI is InChI=1S/C15H25N5O2/c1-15(2,22)12-19-6-8-20(9-7-19)14(21)11-18(3)13-10-16-4-5-17-13/h4-5,10,22H,6-9,11-12H2,1-3H3. The highest BCUT2D eigenvalue weighted by atomic mass is 16.3. The maximum Gasteiger partial charge on any atom is 0.242 e. The molecule has 0 bridgehead atoms. The number of nitrogens with zero attached hydrogens (tertiary/aromatic N) is 5. The highest BCUT2D eigenvalue weighted by molar-refractivity contribution is 5.81. The van der Waals surface area contributed by atoms with Crippen molar-refractivity contribution in [3.8, 4) is 0 Å². The Morgan fingerprint density at radius 1 is 1.32 bits per heavy atom. The first-order valence-electron chi connectivity index (χ1n) is 7.55. The quantitative estimate of drug-likeness (QED) is 0.814. The van der Waals surface area contributed by atoms with Gasteiger partial charge in [0.2, 0.25) is 5.91 Å². The molecule has 0 radical (unpaired) electrons. The Labute approximate surface area is 131 Å². The van der Waals surface area contributed by atoms with E-state index in [-0.39, 0.29) is 5.91 Å². The van der Waals surface area contributed by atoms with E-state index in [1.54, 1.807) is 37.3 Å². The maximum absolute atomic E-state index is 12.3. The van der Waals surface area contributed by atoms with Crippen molar-refractivity contribution in [2.75, 3.05) is 51.2 Å². The maximum atomic E-state index is 12.3. The van der Waals surface area contributed by atoms with Gasteiger partial charge in [0, 0.05) is 52.2 Å². The smallest absolute Gasteiger partial charge is 0.242 e. The summed E-state index contributed by atoms with van der Waals surface area (Å²) in [6, 6.07) is 0. The second-order valence-electron chi connectivity index (χ2n) is 6.39. The van der Waals surface area contributed by atoms with Crippen LogP contribution in [0.1, 0.15) is 13.8 Å². The molecule has 0 aliphatic carbocycles. The number of rotatable bonds is 5. The summed E-state index contributed by atoms with van der Waals surface area (Å²) in [5.41, 5.74) is -0.696. The van der Waals surface area contributed by atoms with E-state index in [4.69, 9.17) is 0 Å². The molecule has 1 saturated heterocycles. The summed E-state index contributed by atoms with van der Waals surface area (Å²) in [6.07, 6.45) is 4.88. The van der Waals surface area contributed by atoms with Crippen LogP contribution in [-0.2, 0) is 4.79 Å². The van der Waals surface area contributed by atoms with Crippen LogP contribution in [-0.4, -0.2) is 82.7 Å². The minimum Gasteiger partial charge on any atom is -0.389 e. The summed E-state index contributed by atoms with van der Waals surface area (Å²) in [6.45, 7) is 7.53. The van der Waals surface area contributed by atoms with E-state index in [1.807, 2.05) is 11.9 Å². The van der Waals surface area contributed by atoms with Gasteiger partial charge in [-0.15, -0.1) is 0 Å². The molecule has 1 N–H and O–H groups in total. The zero-order chi connectivity index (χ0) is 16.2. The third-order valence-electron chi connectivity index (χ3n) is 3.65. The normalized spacial score (nSPS) is 16.6. The van der Waals surface area contributed by atoms with Crippen LogP contribution in [0.5, 0.6) is 0 Å². The van der Waals surface area contributed by atoms with Crippen molar-refractivity contribution < 1.29 is 9.90 Å². The van der Waals surface area contributed by atoms with Crippen LogP contribution in [0.3, 0.4) is 0 Å². The second-order valence-corrected chi connectivity index (χ2v) is 6.39. The fourth-order valence-corrected chi connectivity index (χ4v) is 2.57. The van der Waals surface area contributed by atoms with Crippen LogP contribution < -0.4 is 4.90 Å². The molecule has 0 unspecified atom stereocenters. The number of piperazine rings is 1. The van der Waals surface area contributed by atoms with Crippen LogP contribution >= 0.6 is 0 Å². The van der Waals surface area contributed by atoms with Gasteiger partial charge in [0.25, 0.3) is 0 Å². The third-order valence-corrected chi connectivity index (χ3v) is 3.65. The Balaban J connectivity index is 1.80. The van der Waals surface area contributed by atoms with E-state index >= 15 is 0 Å². The van der Waals surface area contributed by atoms with Crippen LogP contribution in [0.2, 0.25) is 0 Å². The molecule has 1 fully saturated rings. The number of likely N-dealkylation sites (N-methyl/N-ethyl adjacent to an activating group) is 1. The lowest BCUT2D eigenvalue weighted by molar-refractivity contribution is -0.131. The first-order chi connectivity index (χ1) is 10.3. The van der Waals surface area contributed by atoms with E-state index in [0.717, 1.165) is 13.1 Å². The number of hydrogen-bond donors (Lipinski definition) is 1. The number of β-amino-alcohol motifs (C(OH)–C–C–N with tert-alkyl or cyclic N) is 1. The Morgan fingerprint density at radius 2 is 2.00 bits per heavy atom. The molecular weight excluding hydrogens is 282 g/mol. The number of anilines is 1. The molecule has 0 aromatic carbocycles. The number of hydrogen-bond acceptors (Lipinski definition) is 6. The molecule has 2 heterocycles. The van der Waals surface area contributed by atoms with Crippen molar-refractivity contribution in [3.05, 3.63) is 18.6 Å². The van der Waals surface area contributed by atoms with Gasteiger partial charge in [-0.3, -0.25) is 14.7 Å². The van der Waals surface area contributed by atoms with E-state index in [2.05, 4.69) is 14.9 Å². The van der Waals surface area contributed by atoms with Crippen LogP contribution in [0.4, 0.5) is 5.82 Å². The summed E-state index contributed by atoms with van der Waals surface area (Å²) in [7, 11) is 1.84. The lowest BCUT2D eigenvalue weighted by atomic mass is 10.1. The van der Waals surface area contributed by atoms with Crippen molar-refractivity contribution in [2.45, 2.75) is 19.4 Å². The number of aromatic nitrogens is 2. The molecule has 1 aromatic rings. The predicted octanol–water partition coefficient (Wildman–Crippen LogP) is -0.172. The SMILES string of the molecule is CN(CC(=O)N1CCN(CC(C)(C)O)CC1)c1cnccn1. The van der Waals surface area contributed by atoms with Crippen molar-refractivity contribution in [2.24, 2.45) is 0 Å². The fraction of sp³-hybridized carbons (Fsp3) is 0.667. The van der Waals surface area contributed by atoms with Gasteiger partial charge in [-0.2, -0.15) is 0 Å². The fourth-order valence-electron chi connectivity index (χ4n) is 2.57. The molecule has 2 rings (SSSR count). The molecular formula is C15H25N5O2. The molecule has 22 heavy (non-hydrogen) atoms. The van der Waals surface area contributed by atoms with Crippen LogP contribution in [0.15, 0.2) is 18.6 Å². The Morgan fingerprint density at radius 3 is 2.55 bits per heavy atom. The molecule has 7 nitrogen and oxygen atoms in total. The summed E-state index contributed by atoms with van der Waals surface area (Å²) >= 11 is 0. The van der Waals surface area contributed by atoms with E-state index in [0.29, 0.717) is 32.0 Å². The van der Waals surface area contributed by atoms with Crippen molar-refractivity contribution >= 4 is 11.7 Å². The van der Waals surface area contributed by atoms with Crippen LogP contribution in [0, 0.1) is 0 Å².